The van der Waals surface area contributed by atoms with Gasteiger partial charge in [0.2, 0.25) is 0 Å². The number of amidine groups is 1. The van der Waals surface area contributed by atoms with Crippen LogP contribution in [-0.4, -0.2) is 43.8 Å². The molecule has 1 aliphatic rings. The van der Waals surface area contributed by atoms with Gasteiger partial charge in [0.25, 0.3) is 15.9 Å². The van der Waals surface area contributed by atoms with Gasteiger partial charge in [-0.05, 0) is 72.6 Å². The second-order valence-electron chi connectivity index (χ2n) is 8.59. The zero-order valence-electron chi connectivity index (χ0n) is 21.0. The molecular formula is C28H28N4O4S2. The van der Waals surface area contributed by atoms with E-state index in [0.717, 1.165) is 22.4 Å². The van der Waals surface area contributed by atoms with Crippen LogP contribution >= 0.6 is 12.2 Å². The van der Waals surface area contributed by atoms with Crippen LogP contribution in [0.1, 0.15) is 23.6 Å². The van der Waals surface area contributed by atoms with Gasteiger partial charge in [0.1, 0.15) is 17.3 Å². The Labute approximate surface area is 228 Å². The summed E-state index contributed by atoms with van der Waals surface area (Å²) in [6.07, 6.45) is 2.29. The number of amides is 1. The first kappa shape index (κ1) is 27.0. The maximum Gasteiger partial charge on any atom is 0.277 e. The molecule has 0 unspecified atom stereocenters. The second kappa shape index (κ2) is 12.0. The molecule has 3 aromatic rings. The second-order valence-corrected chi connectivity index (χ2v) is 10.7. The number of carbonyl (C=O) groups excluding carboxylic acids is 1. The van der Waals surface area contributed by atoms with Crippen molar-refractivity contribution in [1.29, 1.82) is 0 Å². The summed E-state index contributed by atoms with van der Waals surface area (Å²) in [6.45, 7) is 2.63. The van der Waals surface area contributed by atoms with Crippen molar-refractivity contribution in [2.75, 3.05) is 13.7 Å². The summed E-state index contributed by atoms with van der Waals surface area (Å²) in [4.78, 5) is 19.1. The third-order valence-electron chi connectivity index (χ3n) is 5.94. The molecule has 0 bridgehead atoms. The van der Waals surface area contributed by atoms with E-state index in [0.29, 0.717) is 31.0 Å². The molecule has 0 saturated carbocycles. The zero-order chi connectivity index (χ0) is 27.1. The minimum atomic E-state index is -3.82. The number of ether oxygens (including phenoxy) is 1. The predicted molar refractivity (Wildman–Crippen MR) is 152 cm³/mol. The van der Waals surface area contributed by atoms with Crippen LogP contribution < -0.4 is 14.8 Å². The topological polar surface area (TPSA) is 100 Å². The molecule has 38 heavy (non-hydrogen) atoms. The van der Waals surface area contributed by atoms with Crippen LogP contribution in [0.15, 0.2) is 94.4 Å². The average Bonchev–Trinajstić information content (AvgIpc) is 3.18. The largest absolute Gasteiger partial charge is 0.497 e. The lowest BCUT2D eigenvalue weighted by atomic mass is 10.1. The first-order valence-corrected chi connectivity index (χ1v) is 13.8. The fourth-order valence-electron chi connectivity index (χ4n) is 3.85. The Kier molecular flexibility index (Phi) is 8.55. The molecular weight excluding hydrogens is 520 g/mol. The molecule has 0 fully saturated rings. The highest BCUT2D eigenvalue weighted by molar-refractivity contribution is 7.91. The van der Waals surface area contributed by atoms with Gasteiger partial charge in [0.05, 0.1) is 12.0 Å². The van der Waals surface area contributed by atoms with Crippen molar-refractivity contribution in [3.63, 3.8) is 0 Å². The van der Waals surface area contributed by atoms with Crippen LogP contribution in [0.2, 0.25) is 0 Å². The predicted octanol–water partition coefficient (Wildman–Crippen LogP) is 3.89. The molecule has 196 valence electrons. The van der Waals surface area contributed by atoms with E-state index in [1.807, 2.05) is 54.6 Å². The van der Waals surface area contributed by atoms with Crippen LogP contribution in [0.5, 0.6) is 5.75 Å². The number of nitrogens with zero attached hydrogens (tertiary/aromatic N) is 2. The van der Waals surface area contributed by atoms with Crippen LogP contribution in [0.4, 0.5) is 0 Å². The van der Waals surface area contributed by atoms with Gasteiger partial charge in [-0.15, -0.1) is 0 Å². The van der Waals surface area contributed by atoms with Gasteiger partial charge in [0, 0.05) is 13.1 Å². The molecule has 0 radical (unpaired) electrons. The number of aliphatic imine (C=N–C) groups is 1. The van der Waals surface area contributed by atoms with E-state index in [2.05, 4.69) is 15.0 Å². The number of hydrogen-bond donors (Lipinski definition) is 2. The van der Waals surface area contributed by atoms with Crippen LogP contribution in [0.3, 0.4) is 0 Å². The number of benzene rings is 3. The Balaban J connectivity index is 1.32. The highest BCUT2D eigenvalue weighted by Gasteiger charge is 2.27. The standard InChI is InChI=1S/C28H28N4O4S2/c1-20-30-26(18-22-8-12-24(36-2)13-9-22)27(33)32(20)17-16-21-10-14-25(15-11-21)38(34,35)31-28(37)29-19-23-6-4-3-5-7-23/h3-15,18H,16-17,19H2,1-2H3,(H2,29,31,37)/b26-18-. The van der Waals surface area contributed by atoms with Crippen molar-refractivity contribution >= 4 is 45.2 Å². The van der Waals surface area contributed by atoms with Gasteiger partial charge in [-0.2, -0.15) is 0 Å². The minimum absolute atomic E-state index is 0.0266. The van der Waals surface area contributed by atoms with Crippen LogP contribution in [0, 0.1) is 0 Å². The number of nitrogens with one attached hydrogen (secondary N) is 2. The molecule has 1 amide bonds. The van der Waals surface area contributed by atoms with Crippen LogP contribution in [0.25, 0.3) is 6.08 Å². The highest BCUT2D eigenvalue weighted by atomic mass is 32.2. The summed E-state index contributed by atoms with van der Waals surface area (Å²) in [7, 11) is -2.22. The Morgan fingerprint density at radius 2 is 1.68 bits per heavy atom. The molecule has 8 nitrogen and oxygen atoms in total. The van der Waals surface area contributed by atoms with Gasteiger partial charge in [-0.25, -0.2) is 13.4 Å². The Morgan fingerprint density at radius 1 is 1.00 bits per heavy atom. The zero-order valence-corrected chi connectivity index (χ0v) is 22.7. The number of carbonyl (C=O) groups is 1. The van der Waals surface area contributed by atoms with Gasteiger partial charge >= 0.3 is 0 Å². The SMILES string of the molecule is COc1ccc(/C=C2\N=C(C)N(CCc3ccc(S(=O)(=O)NC(=S)NCc4ccccc4)cc3)C2=O)cc1. The van der Waals surface area contributed by atoms with Crippen molar-refractivity contribution in [3.05, 3.63) is 101 Å². The quantitative estimate of drug-likeness (QED) is 0.311. The Hall–Kier alpha value is -4.02. The van der Waals surface area contributed by atoms with E-state index in [-0.39, 0.29) is 15.9 Å². The lowest BCUT2D eigenvalue weighted by molar-refractivity contribution is -0.122. The summed E-state index contributed by atoms with van der Waals surface area (Å²) < 4.78 is 33.0. The first-order valence-electron chi connectivity index (χ1n) is 11.9. The van der Waals surface area contributed by atoms with E-state index in [1.165, 1.54) is 12.1 Å². The van der Waals surface area contributed by atoms with E-state index >= 15 is 0 Å². The summed E-state index contributed by atoms with van der Waals surface area (Å²) in [5.74, 6) is 1.19. The summed E-state index contributed by atoms with van der Waals surface area (Å²) in [5, 5.41) is 2.93. The van der Waals surface area contributed by atoms with Crippen molar-refractivity contribution in [2.45, 2.75) is 24.8 Å². The molecule has 4 rings (SSSR count). The Bertz CT molecular complexity index is 1470. The number of methoxy groups -OCH3 is 1. The normalized spacial score (nSPS) is 14.4. The Morgan fingerprint density at radius 3 is 2.34 bits per heavy atom. The lowest BCUT2D eigenvalue weighted by Crippen LogP contribution is -2.38. The third kappa shape index (κ3) is 6.84. The van der Waals surface area contributed by atoms with Gasteiger partial charge in [-0.1, -0.05) is 54.6 Å². The number of rotatable bonds is 9. The summed E-state index contributed by atoms with van der Waals surface area (Å²) in [6, 6.07) is 23.5. The fourth-order valence-corrected chi connectivity index (χ4v) is 5.18. The third-order valence-corrected chi connectivity index (χ3v) is 7.68. The van der Waals surface area contributed by atoms with Crippen molar-refractivity contribution < 1.29 is 17.9 Å². The van der Waals surface area contributed by atoms with E-state index in [4.69, 9.17) is 17.0 Å². The summed E-state index contributed by atoms with van der Waals surface area (Å²) in [5.41, 5.74) is 3.10. The fraction of sp³-hybridized carbons (Fsp3) is 0.179. The molecule has 1 heterocycles. The molecule has 0 spiro atoms. The molecule has 2 N–H and O–H groups in total. The van der Waals surface area contributed by atoms with Gasteiger partial charge in [-0.3, -0.25) is 14.4 Å². The van der Waals surface area contributed by atoms with Crippen molar-refractivity contribution in [2.24, 2.45) is 4.99 Å². The van der Waals surface area contributed by atoms with Crippen molar-refractivity contribution in [1.82, 2.24) is 14.9 Å². The van der Waals surface area contributed by atoms with Gasteiger partial charge < -0.3 is 10.1 Å². The maximum atomic E-state index is 12.9. The van der Waals surface area contributed by atoms with Gasteiger partial charge in [0.15, 0.2) is 5.11 Å². The smallest absolute Gasteiger partial charge is 0.277 e. The monoisotopic (exact) mass is 548 g/mol. The van der Waals surface area contributed by atoms with Crippen LogP contribution in [-0.2, 0) is 27.8 Å². The minimum Gasteiger partial charge on any atom is -0.497 e. The molecule has 0 aliphatic carbocycles. The average molecular weight is 549 g/mol. The molecule has 0 aromatic heterocycles. The molecule has 1 aliphatic heterocycles. The van der Waals surface area contributed by atoms with E-state index < -0.39 is 10.0 Å². The molecule has 3 aromatic carbocycles. The summed E-state index contributed by atoms with van der Waals surface area (Å²) >= 11 is 5.15. The first-order chi connectivity index (χ1) is 18.2. The molecule has 10 heteroatoms. The highest BCUT2D eigenvalue weighted by Crippen LogP contribution is 2.21. The number of thiocarbonyl (C=S) groups is 1. The molecule has 0 saturated heterocycles. The van der Waals surface area contributed by atoms with E-state index in [1.54, 1.807) is 37.1 Å². The molecule has 0 atom stereocenters. The number of hydrogen-bond acceptors (Lipinski definition) is 6. The van der Waals surface area contributed by atoms with Crippen molar-refractivity contribution in [3.8, 4) is 5.75 Å². The maximum absolute atomic E-state index is 12.9. The number of sulfonamides is 1. The lowest BCUT2D eigenvalue weighted by Gasteiger charge is -2.16. The van der Waals surface area contributed by atoms with E-state index in [9.17, 15) is 13.2 Å².